The van der Waals surface area contributed by atoms with Gasteiger partial charge in [-0.15, -0.1) is 11.3 Å². The number of fused-ring (bicyclic) bond motifs is 1. The van der Waals surface area contributed by atoms with Crippen LogP contribution in [-0.2, 0) is 4.74 Å². The molecule has 4 rings (SSSR count). The Morgan fingerprint density at radius 2 is 2.27 bits per heavy atom. The van der Waals surface area contributed by atoms with Crippen LogP contribution in [0.1, 0.15) is 16.7 Å². The number of imidazole rings is 1. The molecule has 0 aliphatic carbocycles. The minimum absolute atomic E-state index is 0.0812. The predicted molar refractivity (Wildman–Crippen MR) is 89.2 cm³/mol. The van der Waals surface area contributed by atoms with E-state index in [2.05, 4.69) is 22.8 Å². The van der Waals surface area contributed by atoms with Crippen LogP contribution in [0.3, 0.4) is 0 Å². The number of aryl methyl sites for hydroxylation is 1. The number of nitrogens with one attached hydrogen (secondary N) is 1. The molecule has 1 atom stereocenters. The van der Waals surface area contributed by atoms with Crippen LogP contribution >= 0.6 is 11.3 Å². The molecule has 3 aromatic rings. The van der Waals surface area contributed by atoms with Crippen molar-refractivity contribution in [3.05, 3.63) is 41.0 Å². The van der Waals surface area contributed by atoms with E-state index >= 15 is 0 Å². The highest BCUT2D eigenvalue weighted by molar-refractivity contribution is 7.17. The van der Waals surface area contributed by atoms with Crippen LogP contribution in [0.2, 0.25) is 0 Å². The molecule has 0 saturated carbocycles. The molecule has 1 aromatic carbocycles. The van der Waals surface area contributed by atoms with Gasteiger partial charge in [0.2, 0.25) is 0 Å². The van der Waals surface area contributed by atoms with Crippen molar-refractivity contribution in [3.8, 4) is 11.3 Å². The second kappa shape index (κ2) is 5.39. The van der Waals surface area contributed by atoms with Crippen molar-refractivity contribution in [2.75, 3.05) is 25.4 Å². The Balaban J connectivity index is 1.82. The number of thiazole rings is 1. The van der Waals surface area contributed by atoms with Crippen molar-refractivity contribution >= 4 is 22.0 Å². The molecule has 3 heterocycles. The summed E-state index contributed by atoms with van der Waals surface area (Å²) in [6.07, 6.45) is 2.15. The Labute approximate surface area is 132 Å². The van der Waals surface area contributed by atoms with Crippen molar-refractivity contribution in [1.82, 2.24) is 14.7 Å². The maximum absolute atomic E-state index is 6.07. The van der Waals surface area contributed by atoms with Gasteiger partial charge in [-0.25, -0.2) is 4.98 Å². The molecule has 1 saturated heterocycles. The second-order valence-corrected chi connectivity index (χ2v) is 6.65. The van der Waals surface area contributed by atoms with E-state index in [0.717, 1.165) is 41.6 Å². The Morgan fingerprint density at radius 1 is 1.41 bits per heavy atom. The summed E-state index contributed by atoms with van der Waals surface area (Å²) in [7, 11) is 0. The van der Waals surface area contributed by atoms with Crippen molar-refractivity contribution in [3.63, 3.8) is 0 Å². The highest BCUT2D eigenvalue weighted by Gasteiger charge is 2.23. The van der Waals surface area contributed by atoms with Gasteiger partial charge >= 0.3 is 0 Å². The first-order valence-corrected chi connectivity index (χ1v) is 8.21. The van der Waals surface area contributed by atoms with E-state index in [1.807, 2.05) is 24.3 Å². The second-order valence-electron chi connectivity index (χ2n) is 5.47. The average molecular weight is 314 g/mol. The molecule has 0 radical (unpaired) electrons. The smallest absolute Gasteiger partial charge is 0.194 e. The third kappa shape index (κ3) is 2.20. The minimum Gasteiger partial charge on any atom is -0.398 e. The minimum atomic E-state index is 0.0812. The summed E-state index contributed by atoms with van der Waals surface area (Å²) < 4.78 is 8.07. The van der Waals surface area contributed by atoms with Crippen LogP contribution in [0.4, 0.5) is 5.69 Å². The van der Waals surface area contributed by atoms with Crippen molar-refractivity contribution < 1.29 is 4.74 Å². The number of anilines is 1. The van der Waals surface area contributed by atoms with Gasteiger partial charge in [-0.1, -0.05) is 18.2 Å². The molecule has 1 aliphatic heterocycles. The van der Waals surface area contributed by atoms with E-state index in [0.29, 0.717) is 0 Å². The number of hydrogen-bond acceptors (Lipinski definition) is 5. The topological polar surface area (TPSA) is 64.6 Å². The normalized spacial score (nSPS) is 18.9. The molecular formula is C16H18N4OS. The Kier molecular flexibility index (Phi) is 3.37. The number of aromatic nitrogens is 2. The number of ether oxygens (including phenoxy) is 1. The summed E-state index contributed by atoms with van der Waals surface area (Å²) in [4.78, 5) is 6.99. The molecule has 1 unspecified atom stereocenters. The summed E-state index contributed by atoms with van der Waals surface area (Å²) >= 11 is 1.70. The van der Waals surface area contributed by atoms with E-state index in [4.69, 9.17) is 15.5 Å². The van der Waals surface area contributed by atoms with E-state index in [9.17, 15) is 0 Å². The quantitative estimate of drug-likeness (QED) is 0.714. The maximum atomic E-state index is 6.07. The number of morpholine rings is 1. The van der Waals surface area contributed by atoms with Gasteiger partial charge in [-0.3, -0.25) is 4.40 Å². The van der Waals surface area contributed by atoms with Crippen LogP contribution in [0.25, 0.3) is 16.2 Å². The standard InChI is InChI=1S/C16H18N4OS/c1-10-15(14-8-18-6-7-21-14)20-9-13(19-16(20)22-10)11-4-2-3-5-12(11)17/h2-5,9,14,18H,6-8,17H2,1H3. The molecule has 0 spiro atoms. The highest BCUT2D eigenvalue weighted by atomic mass is 32.1. The zero-order chi connectivity index (χ0) is 15.1. The van der Waals surface area contributed by atoms with E-state index in [-0.39, 0.29) is 6.10 Å². The predicted octanol–water partition coefficient (Wildman–Crippen LogP) is 2.61. The lowest BCUT2D eigenvalue weighted by atomic mass is 10.1. The van der Waals surface area contributed by atoms with E-state index in [1.165, 1.54) is 10.6 Å². The molecule has 0 amide bonds. The summed E-state index contributed by atoms with van der Waals surface area (Å²) in [5, 5.41) is 3.39. The first-order valence-electron chi connectivity index (χ1n) is 7.39. The highest BCUT2D eigenvalue weighted by Crippen LogP contribution is 2.33. The van der Waals surface area contributed by atoms with Crippen molar-refractivity contribution in [2.24, 2.45) is 0 Å². The molecule has 114 valence electrons. The van der Waals surface area contributed by atoms with Crippen LogP contribution in [0, 0.1) is 6.92 Å². The molecule has 5 nitrogen and oxygen atoms in total. The largest absolute Gasteiger partial charge is 0.398 e. The molecule has 22 heavy (non-hydrogen) atoms. The monoisotopic (exact) mass is 314 g/mol. The van der Waals surface area contributed by atoms with Gasteiger partial charge in [0.15, 0.2) is 4.96 Å². The van der Waals surface area contributed by atoms with Crippen LogP contribution in [0.5, 0.6) is 0 Å². The van der Waals surface area contributed by atoms with E-state index < -0.39 is 0 Å². The molecule has 2 aromatic heterocycles. The zero-order valence-corrected chi connectivity index (χ0v) is 13.2. The Morgan fingerprint density at radius 3 is 3.05 bits per heavy atom. The molecule has 1 aliphatic rings. The lowest BCUT2D eigenvalue weighted by molar-refractivity contribution is 0.0243. The average Bonchev–Trinajstić information content (AvgIpc) is 3.05. The Bertz CT molecular complexity index is 817. The molecule has 3 N–H and O–H groups in total. The fraction of sp³-hybridized carbons (Fsp3) is 0.312. The van der Waals surface area contributed by atoms with Crippen LogP contribution in [0.15, 0.2) is 30.5 Å². The first kappa shape index (κ1) is 13.8. The van der Waals surface area contributed by atoms with Crippen LogP contribution in [-0.4, -0.2) is 29.1 Å². The van der Waals surface area contributed by atoms with Gasteiger partial charge in [0.1, 0.15) is 6.10 Å². The molecular weight excluding hydrogens is 296 g/mol. The number of hydrogen-bond donors (Lipinski definition) is 2. The summed E-state index contributed by atoms with van der Waals surface area (Å²) in [6.45, 7) is 4.63. The van der Waals surface area contributed by atoms with Gasteiger partial charge in [0.05, 0.1) is 18.0 Å². The summed E-state index contributed by atoms with van der Waals surface area (Å²) in [6, 6.07) is 7.84. The number of nitrogens with zero attached hydrogens (tertiary/aromatic N) is 2. The number of nitrogens with two attached hydrogens (primary N) is 1. The third-order valence-corrected chi connectivity index (χ3v) is 4.99. The van der Waals surface area contributed by atoms with Gasteiger partial charge in [-0.05, 0) is 13.0 Å². The molecule has 0 bridgehead atoms. The van der Waals surface area contributed by atoms with Crippen molar-refractivity contribution in [1.29, 1.82) is 0 Å². The van der Waals surface area contributed by atoms with Gasteiger partial charge in [0.25, 0.3) is 0 Å². The zero-order valence-electron chi connectivity index (χ0n) is 12.4. The Hall–Kier alpha value is -1.89. The fourth-order valence-corrected chi connectivity index (χ4v) is 3.95. The van der Waals surface area contributed by atoms with Gasteiger partial charge in [-0.2, -0.15) is 0 Å². The number of para-hydroxylation sites is 1. The number of benzene rings is 1. The van der Waals surface area contributed by atoms with Crippen LogP contribution < -0.4 is 11.1 Å². The van der Waals surface area contributed by atoms with Crippen molar-refractivity contribution in [2.45, 2.75) is 13.0 Å². The van der Waals surface area contributed by atoms with Gasteiger partial charge in [0, 0.05) is 35.4 Å². The van der Waals surface area contributed by atoms with E-state index in [1.54, 1.807) is 11.3 Å². The lowest BCUT2D eigenvalue weighted by Crippen LogP contribution is -2.34. The maximum Gasteiger partial charge on any atom is 0.194 e. The lowest BCUT2D eigenvalue weighted by Gasteiger charge is -2.23. The third-order valence-electron chi connectivity index (χ3n) is 4.01. The first-order chi connectivity index (χ1) is 10.7. The number of nitrogen functional groups attached to an aromatic ring is 1. The SMILES string of the molecule is Cc1sc2nc(-c3ccccc3N)cn2c1C1CNCCO1. The summed E-state index contributed by atoms with van der Waals surface area (Å²) in [5.41, 5.74) is 9.91. The fourth-order valence-electron chi connectivity index (χ4n) is 2.95. The molecule has 1 fully saturated rings. The summed E-state index contributed by atoms with van der Waals surface area (Å²) in [5.74, 6) is 0. The number of rotatable bonds is 2. The molecule has 6 heteroatoms. The van der Waals surface area contributed by atoms with Gasteiger partial charge < -0.3 is 15.8 Å².